The van der Waals surface area contributed by atoms with Gasteiger partial charge in [0, 0.05) is 31.9 Å². The number of carbonyl (C=O) groups excluding carboxylic acids is 1. The molecule has 2 aromatic carbocycles. The minimum absolute atomic E-state index is 0.0758. The molecule has 0 atom stereocenters. The molecule has 0 spiro atoms. The van der Waals surface area contributed by atoms with Crippen molar-refractivity contribution in [1.82, 2.24) is 10.2 Å². The molecule has 1 heterocycles. The largest absolute Gasteiger partial charge is 0.378 e. The van der Waals surface area contributed by atoms with Crippen LogP contribution < -0.4 is 15.5 Å². The number of nitrogens with zero attached hydrogens (tertiary/aromatic N) is 3. The summed E-state index contributed by atoms with van der Waals surface area (Å²) in [6.07, 6.45) is 1.10. The number of amides is 1. The maximum Gasteiger partial charge on any atom is 0.225 e. The first-order chi connectivity index (χ1) is 13.1. The fourth-order valence-electron chi connectivity index (χ4n) is 2.56. The predicted octanol–water partition coefficient (Wildman–Crippen LogP) is 3.86. The van der Waals surface area contributed by atoms with Gasteiger partial charge in [-0.05, 0) is 48.4 Å². The van der Waals surface area contributed by atoms with Crippen LogP contribution in [0.4, 0.5) is 23.0 Å². The Hall–Kier alpha value is -3.41. The third-order valence-electron chi connectivity index (χ3n) is 4.07. The van der Waals surface area contributed by atoms with E-state index in [9.17, 15) is 4.79 Å². The zero-order valence-electron chi connectivity index (χ0n) is 15.5. The first-order valence-corrected chi connectivity index (χ1v) is 8.82. The highest BCUT2D eigenvalue weighted by molar-refractivity contribution is 5.89. The highest BCUT2D eigenvalue weighted by atomic mass is 16.1. The fraction of sp³-hybridized carbons (Fsp3) is 0.190. The van der Waals surface area contributed by atoms with Gasteiger partial charge in [0.15, 0.2) is 11.6 Å². The van der Waals surface area contributed by atoms with Crippen LogP contribution in [-0.4, -0.2) is 30.2 Å². The molecular weight excluding hydrogens is 338 g/mol. The second-order valence-electron chi connectivity index (χ2n) is 6.40. The molecule has 0 radical (unpaired) electrons. The van der Waals surface area contributed by atoms with Gasteiger partial charge in [0.25, 0.3) is 0 Å². The molecule has 1 amide bonds. The Labute approximate surface area is 159 Å². The molecule has 0 aliphatic carbocycles. The fourth-order valence-corrected chi connectivity index (χ4v) is 2.56. The molecule has 3 aromatic rings. The molecule has 0 bridgehead atoms. The molecule has 0 saturated heterocycles. The summed E-state index contributed by atoms with van der Waals surface area (Å²) in [6.45, 7) is 0. The van der Waals surface area contributed by atoms with Gasteiger partial charge in [-0.1, -0.05) is 30.3 Å². The number of hydrogen-bond acceptors (Lipinski definition) is 5. The topological polar surface area (TPSA) is 70.2 Å². The van der Waals surface area contributed by atoms with E-state index in [4.69, 9.17) is 0 Å². The second-order valence-corrected chi connectivity index (χ2v) is 6.40. The van der Waals surface area contributed by atoms with E-state index in [1.807, 2.05) is 73.6 Å². The maximum absolute atomic E-state index is 12.1. The van der Waals surface area contributed by atoms with Crippen molar-refractivity contribution >= 4 is 28.9 Å². The van der Waals surface area contributed by atoms with Crippen molar-refractivity contribution in [2.45, 2.75) is 12.8 Å². The molecule has 0 saturated carbocycles. The van der Waals surface area contributed by atoms with Gasteiger partial charge in [-0.3, -0.25) is 4.79 Å². The average molecular weight is 361 g/mol. The van der Waals surface area contributed by atoms with Crippen LogP contribution in [0.25, 0.3) is 0 Å². The molecule has 0 aliphatic heterocycles. The Morgan fingerprint density at radius 1 is 0.889 bits per heavy atom. The standard InChI is InChI=1S/C21H23N5O/c1-26(2)18-11-9-17(10-12-18)22-19-13-14-20(25-24-19)23-21(27)15-8-16-6-4-3-5-7-16/h3-7,9-14H,8,15H2,1-2H3,(H,22,24)(H,23,25,27). The van der Waals surface area contributed by atoms with Crippen LogP contribution in [0, 0.1) is 0 Å². The van der Waals surface area contributed by atoms with E-state index in [1.54, 1.807) is 12.1 Å². The van der Waals surface area contributed by atoms with E-state index in [0.717, 1.165) is 16.9 Å². The van der Waals surface area contributed by atoms with Crippen LogP contribution in [0.3, 0.4) is 0 Å². The predicted molar refractivity (Wildman–Crippen MR) is 109 cm³/mol. The van der Waals surface area contributed by atoms with Gasteiger partial charge in [-0.15, -0.1) is 10.2 Å². The first-order valence-electron chi connectivity index (χ1n) is 8.82. The Balaban J connectivity index is 1.51. The van der Waals surface area contributed by atoms with Crippen molar-refractivity contribution in [1.29, 1.82) is 0 Å². The Bertz CT molecular complexity index is 861. The molecule has 3 rings (SSSR count). The summed E-state index contributed by atoms with van der Waals surface area (Å²) < 4.78 is 0. The number of aryl methyl sites for hydroxylation is 1. The van der Waals surface area contributed by atoms with Crippen LogP contribution in [0.2, 0.25) is 0 Å². The molecule has 0 unspecified atom stereocenters. The van der Waals surface area contributed by atoms with Crippen molar-refractivity contribution in [3.05, 3.63) is 72.3 Å². The Morgan fingerprint density at radius 3 is 2.19 bits per heavy atom. The molecule has 6 heteroatoms. The number of rotatable bonds is 7. The lowest BCUT2D eigenvalue weighted by Crippen LogP contribution is -2.14. The number of carbonyl (C=O) groups is 1. The van der Waals surface area contributed by atoms with Crippen LogP contribution in [0.5, 0.6) is 0 Å². The molecular formula is C21H23N5O. The summed E-state index contributed by atoms with van der Waals surface area (Å²) in [5.41, 5.74) is 3.19. The lowest BCUT2D eigenvalue weighted by atomic mass is 10.1. The molecule has 2 N–H and O–H groups in total. The van der Waals surface area contributed by atoms with Crippen LogP contribution in [0.1, 0.15) is 12.0 Å². The molecule has 0 fully saturated rings. The normalized spacial score (nSPS) is 10.3. The summed E-state index contributed by atoms with van der Waals surface area (Å²) in [5, 5.41) is 14.1. The average Bonchev–Trinajstić information content (AvgIpc) is 2.69. The van der Waals surface area contributed by atoms with Crippen LogP contribution >= 0.6 is 0 Å². The van der Waals surface area contributed by atoms with E-state index < -0.39 is 0 Å². The number of hydrogen-bond donors (Lipinski definition) is 2. The SMILES string of the molecule is CN(C)c1ccc(Nc2ccc(NC(=O)CCc3ccccc3)nn2)cc1. The highest BCUT2D eigenvalue weighted by Gasteiger charge is 2.05. The molecule has 6 nitrogen and oxygen atoms in total. The van der Waals surface area contributed by atoms with Gasteiger partial charge in [-0.25, -0.2) is 0 Å². The van der Waals surface area contributed by atoms with E-state index in [0.29, 0.717) is 24.5 Å². The van der Waals surface area contributed by atoms with Crippen molar-refractivity contribution in [2.75, 3.05) is 29.6 Å². The zero-order valence-corrected chi connectivity index (χ0v) is 15.5. The zero-order chi connectivity index (χ0) is 19.1. The molecule has 1 aromatic heterocycles. The Morgan fingerprint density at radius 2 is 1.56 bits per heavy atom. The lowest BCUT2D eigenvalue weighted by molar-refractivity contribution is -0.116. The number of nitrogens with one attached hydrogen (secondary N) is 2. The van der Waals surface area contributed by atoms with Gasteiger partial charge in [-0.2, -0.15) is 0 Å². The summed E-state index contributed by atoms with van der Waals surface area (Å²) in [5.74, 6) is 0.990. The lowest BCUT2D eigenvalue weighted by Gasteiger charge is -2.13. The van der Waals surface area contributed by atoms with Gasteiger partial charge < -0.3 is 15.5 Å². The van der Waals surface area contributed by atoms with E-state index >= 15 is 0 Å². The summed E-state index contributed by atoms with van der Waals surface area (Å²) in [7, 11) is 4.00. The highest BCUT2D eigenvalue weighted by Crippen LogP contribution is 2.19. The number of aromatic nitrogens is 2. The molecule has 27 heavy (non-hydrogen) atoms. The number of anilines is 4. The van der Waals surface area contributed by atoms with Crippen LogP contribution in [-0.2, 0) is 11.2 Å². The third-order valence-corrected chi connectivity index (χ3v) is 4.07. The van der Waals surface area contributed by atoms with Crippen molar-refractivity contribution in [3.8, 4) is 0 Å². The minimum Gasteiger partial charge on any atom is -0.378 e. The van der Waals surface area contributed by atoms with Gasteiger partial charge in [0.05, 0.1) is 0 Å². The van der Waals surface area contributed by atoms with Gasteiger partial charge in [0.2, 0.25) is 5.91 Å². The Kier molecular flexibility index (Phi) is 5.99. The van der Waals surface area contributed by atoms with Gasteiger partial charge >= 0.3 is 0 Å². The van der Waals surface area contributed by atoms with Gasteiger partial charge in [0.1, 0.15) is 0 Å². The van der Waals surface area contributed by atoms with E-state index in [2.05, 4.69) is 20.8 Å². The third kappa shape index (κ3) is 5.54. The minimum atomic E-state index is -0.0758. The maximum atomic E-state index is 12.1. The van der Waals surface area contributed by atoms with Crippen molar-refractivity contribution in [3.63, 3.8) is 0 Å². The summed E-state index contributed by atoms with van der Waals surface area (Å²) in [6, 6.07) is 21.5. The first kappa shape index (κ1) is 18.4. The van der Waals surface area contributed by atoms with Crippen molar-refractivity contribution < 1.29 is 4.79 Å². The quantitative estimate of drug-likeness (QED) is 0.669. The molecule has 0 aliphatic rings. The number of benzene rings is 2. The summed E-state index contributed by atoms with van der Waals surface area (Å²) in [4.78, 5) is 14.1. The second kappa shape index (κ2) is 8.80. The molecule has 138 valence electrons. The van der Waals surface area contributed by atoms with Crippen molar-refractivity contribution in [2.24, 2.45) is 0 Å². The smallest absolute Gasteiger partial charge is 0.225 e. The van der Waals surface area contributed by atoms with E-state index in [1.165, 1.54) is 0 Å². The van der Waals surface area contributed by atoms with E-state index in [-0.39, 0.29) is 5.91 Å². The summed E-state index contributed by atoms with van der Waals surface area (Å²) >= 11 is 0. The van der Waals surface area contributed by atoms with Crippen LogP contribution in [0.15, 0.2) is 66.7 Å². The monoisotopic (exact) mass is 361 g/mol.